The van der Waals surface area contributed by atoms with E-state index in [1.54, 1.807) is 19.5 Å². The molecule has 26 heavy (non-hydrogen) atoms. The summed E-state index contributed by atoms with van der Waals surface area (Å²) in [6.07, 6.45) is 7.34. The van der Waals surface area contributed by atoms with Gasteiger partial charge in [-0.05, 0) is 49.3 Å². The molecule has 0 unspecified atom stereocenters. The smallest absolute Gasteiger partial charge is 0.253 e. The molecule has 1 atom stereocenters. The van der Waals surface area contributed by atoms with E-state index in [2.05, 4.69) is 9.97 Å². The summed E-state index contributed by atoms with van der Waals surface area (Å²) in [5.74, 6) is 1.07. The van der Waals surface area contributed by atoms with Crippen LogP contribution < -0.4 is 5.73 Å². The molecule has 0 bridgehead atoms. The maximum atomic E-state index is 12.9. The first kappa shape index (κ1) is 18.3. The Balaban J connectivity index is 1.60. The van der Waals surface area contributed by atoms with Crippen molar-refractivity contribution in [2.24, 2.45) is 5.92 Å². The molecule has 0 aliphatic carbocycles. The fraction of sp³-hybridized carbons (Fsp3) is 0.450. The van der Waals surface area contributed by atoms with Crippen LogP contribution in [0, 0.1) is 5.92 Å². The molecule has 1 aromatic heterocycles. The van der Waals surface area contributed by atoms with Crippen molar-refractivity contribution in [2.75, 3.05) is 25.9 Å². The van der Waals surface area contributed by atoms with Gasteiger partial charge in [-0.3, -0.25) is 9.78 Å². The number of ether oxygens (including phenoxy) is 1. The Hall–Kier alpha value is -2.47. The van der Waals surface area contributed by atoms with E-state index >= 15 is 0 Å². The van der Waals surface area contributed by atoms with Crippen LogP contribution in [0.4, 0.5) is 5.82 Å². The topological polar surface area (TPSA) is 81.3 Å². The molecule has 2 aromatic rings. The highest BCUT2D eigenvalue weighted by molar-refractivity contribution is 5.94. The lowest BCUT2D eigenvalue weighted by Crippen LogP contribution is -2.32. The lowest BCUT2D eigenvalue weighted by molar-refractivity contribution is 0.0759. The third-order valence-electron chi connectivity index (χ3n) is 4.84. The van der Waals surface area contributed by atoms with Gasteiger partial charge in [0.25, 0.3) is 5.91 Å². The molecule has 1 amide bonds. The van der Waals surface area contributed by atoms with E-state index in [0.717, 1.165) is 55.6 Å². The first-order chi connectivity index (χ1) is 12.7. The number of nitrogens with two attached hydrogens (primary N) is 1. The van der Waals surface area contributed by atoms with Gasteiger partial charge in [-0.25, -0.2) is 4.98 Å². The second kappa shape index (κ2) is 8.76. The lowest BCUT2D eigenvalue weighted by Gasteiger charge is -2.21. The number of amides is 1. The predicted octanol–water partition coefficient (Wildman–Crippen LogP) is 2.69. The molecule has 0 spiro atoms. The van der Waals surface area contributed by atoms with Crippen molar-refractivity contribution < 1.29 is 9.53 Å². The Bertz CT molecular complexity index is 733. The van der Waals surface area contributed by atoms with Crippen LogP contribution in [0.2, 0.25) is 0 Å². The summed E-state index contributed by atoms with van der Waals surface area (Å²) in [7, 11) is 1.66. The third-order valence-corrected chi connectivity index (χ3v) is 4.84. The van der Waals surface area contributed by atoms with Crippen LogP contribution in [0.25, 0.3) is 0 Å². The van der Waals surface area contributed by atoms with Crippen LogP contribution >= 0.6 is 0 Å². The molecule has 0 radical (unpaired) electrons. The molecule has 2 heterocycles. The summed E-state index contributed by atoms with van der Waals surface area (Å²) >= 11 is 0. The van der Waals surface area contributed by atoms with Gasteiger partial charge in [0.15, 0.2) is 0 Å². The number of anilines is 1. The first-order valence-corrected chi connectivity index (χ1v) is 9.09. The van der Waals surface area contributed by atoms with Gasteiger partial charge < -0.3 is 15.4 Å². The van der Waals surface area contributed by atoms with E-state index in [9.17, 15) is 4.79 Å². The molecule has 6 nitrogen and oxygen atoms in total. The number of nitrogen functional groups attached to an aromatic ring is 1. The molecular formula is C20H26N4O2. The Kier molecular flexibility index (Phi) is 6.17. The van der Waals surface area contributed by atoms with Gasteiger partial charge in [-0.2, -0.15) is 0 Å². The van der Waals surface area contributed by atoms with Crippen LogP contribution in [-0.4, -0.2) is 41.0 Å². The Labute approximate surface area is 154 Å². The maximum Gasteiger partial charge on any atom is 0.253 e. The molecule has 1 aliphatic rings. The number of carbonyl (C=O) groups excluding carboxylic acids is 1. The van der Waals surface area contributed by atoms with E-state index in [4.69, 9.17) is 10.5 Å². The third kappa shape index (κ3) is 4.79. The SMILES string of the molecule is COCc1cccc(C(=O)N2CCC[C@H](Cc3cnc(N)cn3)CC2)c1. The molecule has 0 saturated carbocycles. The van der Waals surface area contributed by atoms with Crippen molar-refractivity contribution >= 4 is 11.7 Å². The molecule has 3 rings (SSSR count). The molecule has 6 heteroatoms. The standard InChI is InChI=1S/C20H26N4O2/c1-26-14-16-4-2-6-17(10-16)20(25)24-8-3-5-15(7-9-24)11-18-12-23-19(21)13-22-18/h2,4,6,10,12-13,15H,3,5,7-9,11,14H2,1H3,(H2,21,23)/t15-/m0/s1. The summed E-state index contributed by atoms with van der Waals surface area (Å²) in [5, 5.41) is 0. The van der Waals surface area contributed by atoms with Crippen molar-refractivity contribution in [3.8, 4) is 0 Å². The second-order valence-electron chi connectivity index (χ2n) is 6.86. The maximum absolute atomic E-state index is 12.9. The molecule has 1 saturated heterocycles. The minimum absolute atomic E-state index is 0.107. The molecule has 2 N–H and O–H groups in total. The van der Waals surface area contributed by atoms with Crippen LogP contribution in [0.1, 0.15) is 40.9 Å². The summed E-state index contributed by atoms with van der Waals surface area (Å²) < 4.78 is 5.16. The number of nitrogens with zero attached hydrogens (tertiary/aromatic N) is 3. The quantitative estimate of drug-likeness (QED) is 0.893. The molecule has 138 valence electrons. The average Bonchev–Trinajstić information content (AvgIpc) is 2.89. The van der Waals surface area contributed by atoms with Crippen LogP contribution in [0.15, 0.2) is 36.7 Å². The first-order valence-electron chi connectivity index (χ1n) is 9.09. The molecule has 1 aromatic carbocycles. The van der Waals surface area contributed by atoms with Gasteiger partial charge in [0.05, 0.1) is 24.7 Å². The summed E-state index contributed by atoms with van der Waals surface area (Å²) in [5.41, 5.74) is 8.32. The zero-order valence-corrected chi connectivity index (χ0v) is 15.2. The largest absolute Gasteiger partial charge is 0.382 e. The average molecular weight is 354 g/mol. The van der Waals surface area contributed by atoms with Crippen molar-refractivity contribution in [1.29, 1.82) is 0 Å². The highest BCUT2D eigenvalue weighted by Gasteiger charge is 2.22. The zero-order chi connectivity index (χ0) is 18.4. The highest BCUT2D eigenvalue weighted by atomic mass is 16.5. The van der Waals surface area contributed by atoms with Crippen molar-refractivity contribution in [2.45, 2.75) is 32.3 Å². The van der Waals surface area contributed by atoms with Gasteiger partial charge in [0.1, 0.15) is 5.82 Å². The fourth-order valence-electron chi connectivity index (χ4n) is 3.48. The molecule has 1 fully saturated rings. The van der Waals surface area contributed by atoms with Crippen molar-refractivity contribution in [3.63, 3.8) is 0 Å². The van der Waals surface area contributed by atoms with E-state index < -0.39 is 0 Å². The van der Waals surface area contributed by atoms with Gasteiger partial charge >= 0.3 is 0 Å². The zero-order valence-electron chi connectivity index (χ0n) is 15.2. The van der Waals surface area contributed by atoms with Crippen LogP contribution in [-0.2, 0) is 17.8 Å². The van der Waals surface area contributed by atoms with E-state index in [-0.39, 0.29) is 5.91 Å². The Morgan fingerprint density at radius 2 is 2.15 bits per heavy atom. The Morgan fingerprint density at radius 1 is 1.27 bits per heavy atom. The Morgan fingerprint density at radius 3 is 2.92 bits per heavy atom. The second-order valence-corrected chi connectivity index (χ2v) is 6.86. The number of hydrogen-bond acceptors (Lipinski definition) is 5. The predicted molar refractivity (Wildman–Crippen MR) is 101 cm³/mol. The fourth-order valence-corrected chi connectivity index (χ4v) is 3.48. The highest BCUT2D eigenvalue weighted by Crippen LogP contribution is 2.22. The lowest BCUT2D eigenvalue weighted by atomic mass is 9.95. The number of hydrogen-bond donors (Lipinski definition) is 1. The van der Waals surface area contributed by atoms with Crippen LogP contribution in [0.3, 0.4) is 0 Å². The van der Waals surface area contributed by atoms with Gasteiger partial charge in [-0.15, -0.1) is 0 Å². The normalized spacial score (nSPS) is 17.7. The minimum Gasteiger partial charge on any atom is -0.382 e. The van der Waals surface area contributed by atoms with Gasteiger partial charge in [-0.1, -0.05) is 12.1 Å². The number of aromatic nitrogens is 2. The van der Waals surface area contributed by atoms with Gasteiger partial charge in [0.2, 0.25) is 0 Å². The molecular weight excluding hydrogens is 328 g/mol. The summed E-state index contributed by atoms with van der Waals surface area (Å²) in [6.45, 7) is 2.10. The van der Waals surface area contributed by atoms with E-state index in [1.807, 2.05) is 29.2 Å². The number of carbonyl (C=O) groups is 1. The monoisotopic (exact) mass is 354 g/mol. The summed E-state index contributed by atoms with van der Waals surface area (Å²) in [4.78, 5) is 23.3. The van der Waals surface area contributed by atoms with Crippen LogP contribution in [0.5, 0.6) is 0 Å². The van der Waals surface area contributed by atoms with Gasteiger partial charge in [0, 0.05) is 25.8 Å². The number of likely N-dealkylation sites (tertiary alicyclic amines) is 1. The van der Waals surface area contributed by atoms with Crippen molar-refractivity contribution in [3.05, 3.63) is 53.5 Å². The van der Waals surface area contributed by atoms with Crippen molar-refractivity contribution in [1.82, 2.24) is 14.9 Å². The minimum atomic E-state index is 0.107. The number of methoxy groups -OCH3 is 1. The van der Waals surface area contributed by atoms with E-state index in [1.165, 1.54) is 0 Å². The summed E-state index contributed by atoms with van der Waals surface area (Å²) in [6, 6.07) is 7.71. The van der Waals surface area contributed by atoms with E-state index in [0.29, 0.717) is 18.3 Å². The number of rotatable bonds is 5. The molecule has 1 aliphatic heterocycles. The number of benzene rings is 1.